The molecule has 2 aromatic rings. The zero-order valence-electron chi connectivity index (χ0n) is 17.5. The van der Waals surface area contributed by atoms with Crippen molar-refractivity contribution in [2.45, 2.75) is 38.6 Å². The van der Waals surface area contributed by atoms with Gasteiger partial charge in [0.1, 0.15) is 5.82 Å². The quantitative estimate of drug-likeness (QED) is 0.256. The smallest absolute Gasteiger partial charge is 0.216 e. The van der Waals surface area contributed by atoms with Gasteiger partial charge in [-0.05, 0) is 49.1 Å². The maximum absolute atomic E-state index is 13.0. The fourth-order valence-corrected chi connectivity index (χ4v) is 4.34. The molecule has 0 saturated carbocycles. The molecule has 0 amide bonds. The topological polar surface area (TPSA) is 82.6 Å². The minimum Gasteiger partial charge on any atom is -0.356 e. The van der Waals surface area contributed by atoms with Gasteiger partial charge in [0.05, 0.1) is 5.75 Å². The molecule has 0 aliphatic heterocycles. The third-order valence-corrected chi connectivity index (χ3v) is 5.69. The fourth-order valence-electron chi connectivity index (χ4n) is 2.85. The van der Waals surface area contributed by atoms with E-state index in [4.69, 9.17) is 0 Å². The molecular formula is C21H30FIN4O2S. The lowest BCUT2D eigenvalue weighted by atomic mass is 10.1. The third-order valence-electron chi connectivity index (χ3n) is 4.17. The Kier molecular flexibility index (Phi) is 11.3. The first kappa shape index (κ1) is 26.3. The van der Waals surface area contributed by atoms with Crippen LogP contribution in [-0.2, 0) is 28.7 Å². The summed E-state index contributed by atoms with van der Waals surface area (Å²) in [5.41, 5.74) is 2.67. The Hall–Kier alpha value is -1.72. The van der Waals surface area contributed by atoms with Crippen LogP contribution < -0.4 is 15.4 Å². The third kappa shape index (κ3) is 9.40. The van der Waals surface area contributed by atoms with E-state index in [1.807, 2.05) is 24.3 Å². The summed E-state index contributed by atoms with van der Waals surface area (Å²) >= 11 is 0. The molecule has 30 heavy (non-hydrogen) atoms. The molecule has 0 spiro atoms. The van der Waals surface area contributed by atoms with Gasteiger partial charge in [-0.3, -0.25) is 4.99 Å². The Balaban J connectivity index is 0.00000450. The first-order chi connectivity index (χ1) is 13.8. The van der Waals surface area contributed by atoms with E-state index in [2.05, 4.69) is 20.3 Å². The van der Waals surface area contributed by atoms with Crippen LogP contribution in [0.15, 0.2) is 53.5 Å². The van der Waals surface area contributed by atoms with Crippen molar-refractivity contribution in [3.8, 4) is 0 Å². The molecule has 166 valence electrons. The maximum atomic E-state index is 13.0. The zero-order valence-corrected chi connectivity index (χ0v) is 20.6. The Morgan fingerprint density at radius 1 is 1.03 bits per heavy atom. The molecule has 0 heterocycles. The Morgan fingerprint density at radius 3 is 2.27 bits per heavy atom. The van der Waals surface area contributed by atoms with E-state index in [1.165, 1.54) is 12.1 Å². The summed E-state index contributed by atoms with van der Waals surface area (Å²) in [5.74, 6) is 0.299. The predicted octanol–water partition coefficient (Wildman–Crippen LogP) is 3.18. The van der Waals surface area contributed by atoms with Gasteiger partial charge in [-0.2, -0.15) is 0 Å². The van der Waals surface area contributed by atoms with Crippen molar-refractivity contribution < 1.29 is 12.8 Å². The van der Waals surface area contributed by atoms with Crippen molar-refractivity contribution in [1.29, 1.82) is 0 Å². The van der Waals surface area contributed by atoms with Crippen LogP contribution in [0.5, 0.6) is 0 Å². The van der Waals surface area contributed by atoms with Crippen LogP contribution in [-0.4, -0.2) is 34.0 Å². The highest BCUT2D eigenvalue weighted by atomic mass is 127. The van der Waals surface area contributed by atoms with E-state index in [-0.39, 0.29) is 41.6 Å². The van der Waals surface area contributed by atoms with Crippen LogP contribution in [0.1, 0.15) is 30.5 Å². The van der Waals surface area contributed by atoms with Gasteiger partial charge in [-0.1, -0.05) is 36.4 Å². The van der Waals surface area contributed by atoms with Gasteiger partial charge in [0, 0.05) is 26.2 Å². The second kappa shape index (κ2) is 12.9. The molecule has 2 rings (SSSR count). The Bertz CT molecular complexity index is 919. The number of guanidine groups is 1. The number of nitrogens with one attached hydrogen (secondary N) is 3. The summed E-state index contributed by atoms with van der Waals surface area (Å²) in [6.07, 6.45) is 0.733. The van der Waals surface area contributed by atoms with Gasteiger partial charge in [-0.25, -0.2) is 17.5 Å². The molecule has 9 heteroatoms. The normalized spacial score (nSPS) is 11.8. The minimum atomic E-state index is -3.40. The molecule has 0 aliphatic rings. The highest BCUT2D eigenvalue weighted by Crippen LogP contribution is 2.12. The highest BCUT2D eigenvalue weighted by molar-refractivity contribution is 14.0. The van der Waals surface area contributed by atoms with Gasteiger partial charge >= 0.3 is 0 Å². The highest BCUT2D eigenvalue weighted by Gasteiger charge is 2.15. The van der Waals surface area contributed by atoms with Crippen molar-refractivity contribution in [2.75, 3.05) is 13.6 Å². The first-order valence-corrected chi connectivity index (χ1v) is 11.2. The standard InChI is InChI=1S/C21H29FN4O2S.HI/c1-16(2)26-29(27,28)15-19-7-5-4-6-18(19)14-25-21(23-3)24-13-12-17-8-10-20(22)11-9-17;/h4-11,16,26H,12-15H2,1-3H3,(H2,23,24,25);1H. The summed E-state index contributed by atoms with van der Waals surface area (Å²) in [6.45, 7) is 4.68. The molecule has 2 aromatic carbocycles. The van der Waals surface area contributed by atoms with E-state index in [0.29, 0.717) is 19.0 Å². The lowest BCUT2D eigenvalue weighted by molar-refractivity contribution is 0.568. The van der Waals surface area contributed by atoms with Gasteiger partial charge in [0.25, 0.3) is 0 Å². The van der Waals surface area contributed by atoms with Crippen LogP contribution >= 0.6 is 24.0 Å². The molecule has 0 unspecified atom stereocenters. The minimum absolute atomic E-state index is 0. The molecule has 3 N–H and O–H groups in total. The number of benzene rings is 2. The summed E-state index contributed by atoms with van der Waals surface area (Å²) in [7, 11) is -1.72. The van der Waals surface area contributed by atoms with Gasteiger partial charge < -0.3 is 10.6 Å². The molecule has 0 atom stereocenters. The average molecular weight is 548 g/mol. The molecular weight excluding hydrogens is 518 g/mol. The summed E-state index contributed by atoms with van der Waals surface area (Å²) in [5, 5.41) is 6.42. The number of halogens is 2. The van der Waals surface area contributed by atoms with Gasteiger partial charge in [-0.15, -0.1) is 24.0 Å². The van der Waals surface area contributed by atoms with Crippen molar-refractivity contribution in [2.24, 2.45) is 4.99 Å². The largest absolute Gasteiger partial charge is 0.356 e. The molecule has 0 aliphatic carbocycles. The van der Waals surface area contributed by atoms with E-state index in [0.717, 1.165) is 23.1 Å². The molecule has 0 bridgehead atoms. The van der Waals surface area contributed by atoms with E-state index in [9.17, 15) is 12.8 Å². The molecule has 6 nitrogen and oxygen atoms in total. The number of aliphatic imine (C=N–C) groups is 1. The van der Waals surface area contributed by atoms with Crippen molar-refractivity contribution in [3.05, 3.63) is 71.0 Å². The maximum Gasteiger partial charge on any atom is 0.216 e. The Morgan fingerprint density at radius 2 is 1.67 bits per heavy atom. The summed E-state index contributed by atoms with van der Waals surface area (Å²) in [4.78, 5) is 4.20. The average Bonchev–Trinajstić information content (AvgIpc) is 2.65. The number of sulfonamides is 1. The van der Waals surface area contributed by atoms with Gasteiger partial charge in [0.2, 0.25) is 10.0 Å². The monoisotopic (exact) mass is 548 g/mol. The van der Waals surface area contributed by atoms with Crippen molar-refractivity contribution >= 4 is 40.0 Å². The van der Waals surface area contributed by atoms with Crippen LogP contribution in [0.25, 0.3) is 0 Å². The van der Waals surface area contributed by atoms with E-state index < -0.39 is 10.0 Å². The van der Waals surface area contributed by atoms with E-state index in [1.54, 1.807) is 33.0 Å². The molecule has 0 aromatic heterocycles. The number of nitrogens with zero attached hydrogens (tertiary/aromatic N) is 1. The second-order valence-electron chi connectivity index (χ2n) is 7.03. The predicted molar refractivity (Wildman–Crippen MR) is 131 cm³/mol. The number of hydrogen-bond acceptors (Lipinski definition) is 3. The second-order valence-corrected chi connectivity index (χ2v) is 8.78. The zero-order chi connectivity index (χ0) is 21.3. The molecule has 0 radical (unpaired) electrons. The number of hydrogen-bond donors (Lipinski definition) is 3. The van der Waals surface area contributed by atoms with Gasteiger partial charge in [0.15, 0.2) is 5.96 Å². The van der Waals surface area contributed by atoms with Crippen molar-refractivity contribution in [1.82, 2.24) is 15.4 Å². The molecule has 0 fully saturated rings. The lowest BCUT2D eigenvalue weighted by Crippen LogP contribution is -2.38. The van der Waals surface area contributed by atoms with Crippen LogP contribution in [0, 0.1) is 5.82 Å². The lowest BCUT2D eigenvalue weighted by Gasteiger charge is -2.15. The first-order valence-electron chi connectivity index (χ1n) is 9.55. The van der Waals surface area contributed by atoms with Crippen molar-refractivity contribution in [3.63, 3.8) is 0 Å². The summed E-state index contributed by atoms with van der Waals surface area (Å²) in [6, 6.07) is 13.7. The number of rotatable bonds is 9. The van der Waals surface area contributed by atoms with Crippen LogP contribution in [0.2, 0.25) is 0 Å². The van der Waals surface area contributed by atoms with Crippen LogP contribution in [0.3, 0.4) is 0 Å². The summed E-state index contributed by atoms with van der Waals surface area (Å²) < 4.78 is 40.1. The van der Waals surface area contributed by atoms with Crippen LogP contribution in [0.4, 0.5) is 4.39 Å². The fraction of sp³-hybridized carbons (Fsp3) is 0.381. The van der Waals surface area contributed by atoms with E-state index >= 15 is 0 Å². The molecule has 0 saturated heterocycles. The Labute approximate surface area is 195 Å². The SMILES string of the molecule is CN=C(NCCc1ccc(F)cc1)NCc1ccccc1CS(=O)(=O)NC(C)C.I.